The molecule has 2 N–H and O–H groups in total. The van der Waals surface area contributed by atoms with Gasteiger partial charge in [-0.15, -0.1) is 0 Å². The van der Waals surface area contributed by atoms with Crippen LogP contribution in [-0.2, 0) is 14.4 Å². The van der Waals surface area contributed by atoms with Gasteiger partial charge in [-0.25, -0.2) is 4.39 Å². The molecule has 0 bridgehead atoms. The van der Waals surface area contributed by atoms with Crippen LogP contribution in [0.5, 0.6) is 0 Å². The molecule has 1 saturated heterocycles. The number of fused-ring (bicyclic) bond motifs is 1. The Morgan fingerprint density at radius 1 is 1.23 bits per heavy atom. The molecule has 2 amide bonds. The first-order valence-electron chi connectivity index (χ1n) is 7.13. The Balaban J connectivity index is 1.81. The number of nitrogens with one attached hydrogen (secondary N) is 2. The van der Waals surface area contributed by atoms with E-state index in [-0.39, 0.29) is 18.1 Å². The number of hydrogen-bond acceptors (Lipinski definition) is 3. The zero-order valence-corrected chi connectivity index (χ0v) is 11.8. The average molecular weight is 302 g/mol. The van der Waals surface area contributed by atoms with Crippen LogP contribution in [0.1, 0.15) is 19.3 Å². The first-order chi connectivity index (χ1) is 10.5. The molecule has 0 spiro atoms. The summed E-state index contributed by atoms with van der Waals surface area (Å²) in [6, 6.07) is 5.35. The fourth-order valence-corrected chi connectivity index (χ4v) is 2.94. The van der Waals surface area contributed by atoms with Crippen molar-refractivity contribution >= 4 is 23.3 Å². The minimum Gasteiger partial charge on any atom is -0.329 e. The van der Waals surface area contributed by atoms with Crippen molar-refractivity contribution in [3.63, 3.8) is 0 Å². The molecule has 0 radical (unpaired) electrons. The van der Waals surface area contributed by atoms with Gasteiger partial charge in [-0.2, -0.15) is 0 Å². The molecule has 114 valence electrons. The molecule has 2 atom stereocenters. The highest BCUT2D eigenvalue weighted by Crippen LogP contribution is 2.33. The second-order valence-corrected chi connectivity index (χ2v) is 5.50. The normalized spacial score (nSPS) is 24.1. The Morgan fingerprint density at radius 2 is 1.95 bits per heavy atom. The summed E-state index contributed by atoms with van der Waals surface area (Å²) in [6.45, 7) is 0. The zero-order chi connectivity index (χ0) is 15.7. The Labute approximate surface area is 126 Å². The van der Waals surface area contributed by atoms with Gasteiger partial charge in [0.2, 0.25) is 11.8 Å². The van der Waals surface area contributed by atoms with Crippen LogP contribution in [0, 0.1) is 17.7 Å². The predicted octanol–water partition coefficient (Wildman–Crippen LogP) is 1.76. The second-order valence-electron chi connectivity index (χ2n) is 5.50. The van der Waals surface area contributed by atoms with Crippen molar-refractivity contribution in [3.8, 4) is 0 Å². The van der Waals surface area contributed by atoms with Crippen molar-refractivity contribution < 1.29 is 18.8 Å². The highest BCUT2D eigenvalue weighted by Gasteiger charge is 2.42. The average Bonchev–Trinajstić information content (AvgIpc) is 2.48. The van der Waals surface area contributed by atoms with Crippen LogP contribution in [0.3, 0.4) is 0 Å². The number of Topliss-reactive ketones (excluding diaryl/α,β-unsaturated/α-hetero) is 1. The SMILES string of the molecule is O=C1C[C@@H](C(=O)Nc2ccc(F)cc2)[C@@H]2C(=O)CCC=C2N1. The van der Waals surface area contributed by atoms with E-state index in [2.05, 4.69) is 10.6 Å². The lowest BCUT2D eigenvalue weighted by atomic mass is 9.76. The summed E-state index contributed by atoms with van der Waals surface area (Å²) in [5.74, 6) is -2.41. The molecular weight excluding hydrogens is 287 g/mol. The summed E-state index contributed by atoms with van der Waals surface area (Å²) in [6.07, 6.45) is 2.74. The lowest BCUT2D eigenvalue weighted by molar-refractivity contribution is -0.135. The molecule has 5 nitrogen and oxygen atoms in total. The number of carbonyl (C=O) groups excluding carboxylic acids is 3. The molecule has 2 aliphatic rings. The highest BCUT2D eigenvalue weighted by molar-refractivity contribution is 6.02. The van der Waals surface area contributed by atoms with Crippen LogP contribution >= 0.6 is 0 Å². The third-order valence-corrected chi connectivity index (χ3v) is 3.98. The van der Waals surface area contributed by atoms with Crippen LogP contribution in [-0.4, -0.2) is 17.6 Å². The van der Waals surface area contributed by atoms with E-state index in [1.165, 1.54) is 24.3 Å². The third kappa shape index (κ3) is 2.77. The van der Waals surface area contributed by atoms with Gasteiger partial charge in [0.05, 0.1) is 11.8 Å². The molecule has 1 aliphatic carbocycles. The smallest absolute Gasteiger partial charge is 0.229 e. The van der Waals surface area contributed by atoms with E-state index in [9.17, 15) is 18.8 Å². The fraction of sp³-hybridized carbons (Fsp3) is 0.312. The van der Waals surface area contributed by atoms with Crippen LogP contribution in [0.25, 0.3) is 0 Å². The van der Waals surface area contributed by atoms with E-state index in [1.807, 2.05) is 0 Å². The number of benzene rings is 1. The van der Waals surface area contributed by atoms with Crippen molar-refractivity contribution in [2.45, 2.75) is 19.3 Å². The molecule has 6 heteroatoms. The standard InChI is InChI=1S/C16H15FN2O3/c17-9-4-6-10(7-5-9)18-16(22)11-8-14(21)19-12-2-1-3-13(20)15(11)12/h2,4-7,11,15H,1,3,8H2,(H,18,22)(H,19,21)/t11-,15+/m1/s1. The van der Waals surface area contributed by atoms with E-state index in [1.54, 1.807) is 6.08 Å². The highest BCUT2D eigenvalue weighted by atomic mass is 19.1. The summed E-state index contributed by atoms with van der Waals surface area (Å²) in [7, 11) is 0. The second kappa shape index (κ2) is 5.71. The first-order valence-corrected chi connectivity index (χ1v) is 7.13. The van der Waals surface area contributed by atoms with E-state index in [0.29, 0.717) is 24.2 Å². The van der Waals surface area contributed by atoms with E-state index >= 15 is 0 Å². The summed E-state index contributed by atoms with van der Waals surface area (Å²) in [4.78, 5) is 36.3. The van der Waals surface area contributed by atoms with Crippen molar-refractivity contribution in [2.24, 2.45) is 11.8 Å². The van der Waals surface area contributed by atoms with Gasteiger partial charge in [-0.05, 0) is 30.7 Å². The number of amides is 2. The summed E-state index contributed by atoms with van der Waals surface area (Å²) in [5, 5.41) is 5.32. The first kappa shape index (κ1) is 14.4. The monoisotopic (exact) mass is 302 g/mol. The van der Waals surface area contributed by atoms with Crippen molar-refractivity contribution in [1.82, 2.24) is 5.32 Å². The summed E-state index contributed by atoms with van der Waals surface area (Å²) in [5.41, 5.74) is 0.970. The van der Waals surface area contributed by atoms with Crippen molar-refractivity contribution in [1.29, 1.82) is 0 Å². The number of piperidine rings is 1. The maximum Gasteiger partial charge on any atom is 0.229 e. The van der Waals surface area contributed by atoms with Crippen LogP contribution in [0.15, 0.2) is 36.0 Å². The van der Waals surface area contributed by atoms with Crippen molar-refractivity contribution in [3.05, 3.63) is 41.9 Å². The number of anilines is 1. The predicted molar refractivity (Wildman–Crippen MR) is 77.1 cm³/mol. The molecule has 0 saturated carbocycles. The minimum absolute atomic E-state index is 0.0270. The molecule has 1 aliphatic heterocycles. The topological polar surface area (TPSA) is 75.3 Å². The lowest BCUT2D eigenvalue weighted by Crippen LogP contribution is -2.47. The van der Waals surface area contributed by atoms with Gasteiger partial charge >= 0.3 is 0 Å². The third-order valence-electron chi connectivity index (χ3n) is 3.98. The van der Waals surface area contributed by atoms with Crippen molar-refractivity contribution in [2.75, 3.05) is 5.32 Å². The molecular formula is C16H15FN2O3. The van der Waals surface area contributed by atoms with Gasteiger partial charge in [-0.3, -0.25) is 14.4 Å². The molecule has 1 fully saturated rings. The summed E-state index contributed by atoms with van der Waals surface area (Å²) < 4.78 is 12.9. The fourth-order valence-electron chi connectivity index (χ4n) is 2.94. The Hall–Kier alpha value is -2.50. The number of ketones is 1. The Bertz CT molecular complexity index is 666. The number of hydrogen-bond donors (Lipinski definition) is 2. The lowest BCUT2D eigenvalue weighted by Gasteiger charge is -2.34. The van der Waals surface area contributed by atoms with Gasteiger partial charge < -0.3 is 10.6 Å². The molecule has 1 aromatic rings. The van der Waals surface area contributed by atoms with E-state index in [4.69, 9.17) is 0 Å². The number of halogens is 1. The van der Waals surface area contributed by atoms with Gasteiger partial charge in [0.15, 0.2) is 0 Å². The van der Waals surface area contributed by atoms with Crippen LogP contribution in [0.4, 0.5) is 10.1 Å². The molecule has 1 aromatic carbocycles. The Morgan fingerprint density at radius 3 is 2.68 bits per heavy atom. The molecule has 0 aromatic heterocycles. The number of rotatable bonds is 2. The van der Waals surface area contributed by atoms with Gasteiger partial charge in [0.1, 0.15) is 11.6 Å². The van der Waals surface area contributed by atoms with Crippen LogP contribution in [0.2, 0.25) is 0 Å². The minimum atomic E-state index is -0.724. The number of allylic oxidation sites excluding steroid dienone is 2. The summed E-state index contributed by atoms with van der Waals surface area (Å²) >= 11 is 0. The molecule has 22 heavy (non-hydrogen) atoms. The molecule has 3 rings (SSSR count). The largest absolute Gasteiger partial charge is 0.329 e. The maximum absolute atomic E-state index is 12.9. The van der Waals surface area contributed by atoms with E-state index < -0.39 is 23.6 Å². The van der Waals surface area contributed by atoms with Gasteiger partial charge in [0.25, 0.3) is 0 Å². The maximum atomic E-state index is 12.9. The van der Waals surface area contributed by atoms with Gasteiger partial charge in [0, 0.05) is 24.2 Å². The van der Waals surface area contributed by atoms with Gasteiger partial charge in [-0.1, -0.05) is 6.08 Å². The molecule has 0 unspecified atom stereocenters. The zero-order valence-electron chi connectivity index (χ0n) is 11.8. The Kier molecular flexibility index (Phi) is 3.75. The molecule has 1 heterocycles. The number of carbonyl (C=O) groups is 3. The van der Waals surface area contributed by atoms with E-state index in [0.717, 1.165) is 0 Å². The quantitative estimate of drug-likeness (QED) is 0.874. The van der Waals surface area contributed by atoms with Crippen LogP contribution < -0.4 is 10.6 Å².